The number of rotatable bonds is 5. The normalized spacial score (nSPS) is 14.4. The number of aryl methyl sites for hydroxylation is 1. The number of anilines is 1. The first-order valence-corrected chi connectivity index (χ1v) is 8.91. The Morgan fingerprint density at radius 2 is 2.08 bits per heavy atom. The van der Waals surface area contributed by atoms with Gasteiger partial charge in [-0.1, -0.05) is 25.1 Å². The number of ether oxygens (including phenoxy) is 1. The van der Waals surface area contributed by atoms with Crippen LogP contribution in [-0.4, -0.2) is 24.5 Å². The fourth-order valence-electron chi connectivity index (χ4n) is 2.89. The molecule has 0 radical (unpaired) electrons. The number of hydrogen-bond donors (Lipinski definition) is 1. The molecule has 3 rings (SSSR count). The summed E-state index contributed by atoms with van der Waals surface area (Å²) in [5, 5.41) is 2.97. The van der Waals surface area contributed by atoms with Crippen LogP contribution in [0.5, 0.6) is 5.75 Å². The molecule has 0 fully saturated rings. The minimum atomic E-state index is -0.0919. The summed E-state index contributed by atoms with van der Waals surface area (Å²) in [5.74, 6) is 0.532. The zero-order chi connectivity index (χ0) is 18.7. The van der Waals surface area contributed by atoms with E-state index < -0.39 is 0 Å². The van der Waals surface area contributed by atoms with Gasteiger partial charge in [0, 0.05) is 11.6 Å². The maximum absolute atomic E-state index is 12.4. The molecule has 0 aliphatic carbocycles. The molecule has 2 aromatic rings. The van der Waals surface area contributed by atoms with Gasteiger partial charge in [-0.25, -0.2) is 0 Å². The second-order valence-corrected chi connectivity index (χ2v) is 6.72. The summed E-state index contributed by atoms with van der Waals surface area (Å²) in [7, 11) is 0. The van der Waals surface area contributed by atoms with Gasteiger partial charge in [-0.15, -0.1) is 0 Å². The molecule has 5 nitrogen and oxygen atoms in total. The van der Waals surface area contributed by atoms with E-state index in [2.05, 4.69) is 5.32 Å². The van der Waals surface area contributed by atoms with E-state index in [9.17, 15) is 9.59 Å². The molecule has 0 bridgehead atoms. The van der Waals surface area contributed by atoms with Gasteiger partial charge in [-0.3, -0.25) is 9.59 Å². The molecule has 1 unspecified atom stereocenters. The van der Waals surface area contributed by atoms with Crippen LogP contribution in [0.15, 0.2) is 42.5 Å². The molecule has 1 aliphatic heterocycles. The van der Waals surface area contributed by atoms with Crippen molar-refractivity contribution in [1.82, 2.24) is 5.32 Å². The molecular weight excluding hydrogens is 328 g/mol. The number of hydrogen-bond acceptors (Lipinski definition) is 3. The first-order valence-electron chi connectivity index (χ1n) is 8.91. The van der Waals surface area contributed by atoms with E-state index >= 15 is 0 Å². The van der Waals surface area contributed by atoms with Crippen LogP contribution < -0.4 is 15.0 Å². The third-order valence-electron chi connectivity index (χ3n) is 4.58. The minimum absolute atomic E-state index is 0.0320. The highest BCUT2D eigenvalue weighted by atomic mass is 16.5. The van der Waals surface area contributed by atoms with Gasteiger partial charge in [-0.2, -0.15) is 0 Å². The lowest BCUT2D eigenvalue weighted by Crippen LogP contribution is -2.38. The third-order valence-corrected chi connectivity index (χ3v) is 4.58. The quantitative estimate of drug-likeness (QED) is 0.897. The molecule has 0 saturated carbocycles. The van der Waals surface area contributed by atoms with E-state index in [1.54, 1.807) is 11.0 Å². The molecule has 1 aliphatic rings. The van der Waals surface area contributed by atoms with Crippen LogP contribution in [0.1, 0.15) is 41.8 Å². The average Bonchev–Trinajstić information content (AvgIpc) is 2.64. The Bertz CT molecular complexity index is 832. The molecule has 2 aromatic carbocycles. The molecule has 5 heteroatoms. The Labute approximate surface area is 154 Å². The number of amides is 2. The number of carbonyl (C=O) groups excluding carboxylic acids is 2. The fourth-order valence-corrected chi connectivity index (χ4v) is 2.89. The largest absolute Gasteiger partial charge is 0.482 e. The van der Waals surface area contributed by atoms with Gasteiger partial charge in [0.05, 0.1) is 12.2 Å². The summed E-state index contributed by atoms with van der Waals surface area (Å²) in [6, 6.07) is 13.3. The van der Waals surface area contributed by atoms with Crippen LogP contribution >= 0.6 is 0 Å². The van der Waals surface area contributed by atoms with Gasteiger partial charge in [0.1, 0.15) is 5.75 Å². The summed E-state index contributed by atoms with van der Waals surface area (Å²) in [5.41, 5.74) is 3.35. The monoisotopic (exact) mass is 352 g/mol. The molecule has 136 valence electrons. The van der Waals surface area contributed by atoms with Crippen molar-refractivity contribution in [3.63, 3.8) is 0 Å². The van der Waals surface area contributed by atoms with Gasteiger partial charge in [-0.05, 0) is 55.7 Å². The molecule has 0 saturated heterocycles. The lowest BCUT2D eigenvalue weighted by Gasteiger charge is -2.30. The lowest BCUT2D eigenvalue weighted by atomic mass is 10.1. The summed E-state index contributed by atoms with van der Waals surface area (Å²) < 4.78 is 5.52. The Kier molecular flexibility index (Phi) is 5.26. The Hall–Kier alpha value is -2.82. The van der Waals surface area contributed by atoms with Gasteiger partial charge in [0.25, 0.3) is 11.8 Å². The zero-order valence-electron chi connectivity index (χ0n) is 15.4. The van der Waals surface area contributed by atoms with Gasteiger partial charge >= 0.3 is 0 Å². The van der Waals surface area contributed by atoms with Crippen LogP contribution in [0.3, 0.4) is 0 Å². The number of carbonyl (C=O) groups is 2. The molecule has 0 aromatic heterocycles. The van der Waals surface area contributed by atoms with Crippen molar-refractivity contribution < 1.29 is 14.3 Å². The highest BCUT2D eigenvalue weighted by molar-refractivity contribution is 5.98. The second-order valence-electron chi connectivity index (χ2n) is 6.72. The van der Waals surface area contributed by atoms with Crippen molar-refractivity contribution in [3.05, 3.63) is 59.2 Å². The highest BCUT2D eigenvalue weighted by Gasteiger charge is 2.25. The third kappa shape index (κ3) is 3.87. The van der Waals surface area contributed by atoms with E-state index in [-0.39, 0.29) is 24.5 Å². The lowest BCUT2D eigenvalue weighted by molar-refractivity contribution is -0.121. The fraction of sp³-hybridized carbons (Fsp3) is 0.333. The van der Waals surface area contributed by atoms with Crippen molar-refractivity contribution in [1.29, 1.82) is 0 Å². The van der Waals surface area contributed by atoms with Crippen molar-refractivity contribution in [3.8, 4) is 5.75 Å². The highest BCUT2D eigenvalue weighted by Crippen LogP contribution is 2.33. The van der Waals surface area contributed by atoms with Crippen LogP contribution in [0, 0.1) is 6.92 Å². The number of fused-ring (bicyclic) bond motifs is 1. The zero-order valence-corrected chi connectivity index (χ0v) is 15.4. The van der Waals surface area contributed by atoms with Crippen molar-refractivity contribution in [2.24, 2.45) is 0 Å². The van der Waals surface area contributed by atoms with Gasteiger partial charge in [0.15, 0.2) is 6.61 Å². The molecule has 1 atom stereocenters. The van der Waals surface area contributed by atoms with Crippen LogP contribution in [-0.2, 0) is 11.3 Å². The van der Waals surface area contributed by atoms with Crippen LogP contribution in [0.25, 0.3) is 0 Å². The van der Waals surface area contributed by atoms with Crippen LogP contribution in [0.4, 0.5) is 5.69 Å². The average molecular weight is 352 g/mol. The topological polar surface area (TPSA) is 58.6 Å². The molecule has 2 amide bonds. The van der Waals surface area contributed by atoms with Crippen molar-refractivity contribution in [2.75, 3.05) is 11.5 Å². The summed E-state index contributed by atoms with van der Waals surface area (Å²) in [6.07, 6.45) is 0.879. The van der Waals surface area contributed by atoms with E-state index in [4.69, 9.17) is 4.74 Å². The molecule has 26 heavy (non-hydrogen) atoms. The summed E-state index contributed by atoms with van der Waals surface area (Å²) >= 11 is 0. The summed E-state index contributed by atoms with van der Waals surface area (Å²) in [4.78, 5) is 26.5. The van der Waals surface area contributed by atoms with E-state index in [0.717, 1.165) is 23.2 Å². The predicted octanol–water partition coefficient (Wildman–Crippen LogP) is 3.45. The van der Waals surface area contributed by atoms with Crippen molar-refractivity contribution >= 4 is 17.5 Å². The maximum Gasteiger partial charge on any atom is 0.265 e. The van der Waals surface area contributed by atoms with E-state index in [1.165, 1.54) is 0 Å². The number of benzene rings is 2. The number of nitrogens with zero attached hydrogens (tertiary/aromatic N) is 1. The second kappa shape index (κ2) is 7.60. The molecule has 1 heterocycles. The standard InChI is InChI=1S/C21H24N2O3/c1-4-15(3)22-21(25)17-7-5-6-16(11-17)12-23-18-10-14(2)8-9-19(18)26-13-20(23)24/h5-11,15H,4,12-13H2,1-3H3,(H,22,25). The minimum Gasteiger partial charge on any atom is -0.482 e. The number of nitrogens with one attached hydrogen (secondary N) is 1. The predicted molar refractivity (Wildman–Crippen MR) is 102 cm³/mol. The SMILES string of the molecule is CCC(C)NC(=O)c1cccc(CN2C(=O)COc3ccc(C)cc32)c1. The Morgan fingerprint density at radius 1 is 1.27 bits per heavy atom. The van der Waals surface area contributed by atoms with E-state index in [0.29, 0.717) is 17.9 Å². The summed E-state index contributed by atoms with van der Waals surface area (Å²) in [6.45, 7) is 6.43. The van der Waals surface area contributed by atoms with Gasteiger partial charge in [0.2, 0.25) is 0 Å². The first-order chi connectivity index (χ1) is 12.5. The Morgan fingerprint density at radius 3 is 2.85 bits per heavy atom. The van der Waals surface area contributed by atoms with E-state index in [1.807, 2.05) is 57.2 Å². The Balaban J connectivity index is 1.83. The molecule has 0 spiro atoms. The smallest absolute Gasteiger partial charge is 0.265 e. The first kappa shape index (κ1) is 18.0. The van der Waals surface area contributed by atoms with Crippen molar-refractivity contribution in [2.45, 2.75) is 39.8 Å². The molecular formula is C21H24N2O3. The van der Waals surface area contributed by atoms with Crippen LogP contribution in [0.2, 0.25) is 0 Å². The van der Waals surface area contributed by atoms with Gasteiger partial charge < -0.3 is 15.0 Å². The maximum atomic E-state index is 12.4. The molecule has 1 N–H and O–H groups in total.